The lowest BCUT2D eigenvalue weighted by molar-refractivity contribution is -0.350. The van der Waals surface area contributed by atoms with Crippen molar-refractivity contribution in [3.8, 4) is 17.2 Å². The second-order valence-electron chi connectivity index (χ2n) is 10.4. The SMILES string of the molecule is COc1c2c(c(O)c3c4c(c(C)cc13)C1OC3(C(OC)OC)OC1[C@@](OCCN)(O4)[C@@]31CO1)C(=O)CCC2. The fourth-order valence-corrected chi connectivity index (χ4v) is 7.14. The van der Waals surface area contributed by atoms with Gasteiger partial charge in [-0.1, -0.05) is 0 Å². The van der Waals surface area contributed by atoms with E-state index in [4.69, 9.17) is 43.6 Å². The first-order valence-corrected chi connectivity index (χ1v) is 12.8. The zero-order chi connectivity index (χ0) is 26.6. The van der Waals surface area contributed by atoms with E-state index in [0.29, 0.717) is 52.7 Å². The molecular formula is C27H31NO10. The van der Waals surface area contributed by atoms with E-state index >= 15 is 0 Å². The smallest absolute Gasteiger partial charge is 0.277 e. The van der Waals surface area contributed by atoms with Gasteiger partial charge in [0, 0.05) is 43.7 Å². The molecule has 11 heteroatoms. The van der Waals surface area contributed by atoms with Gasteiger partial charge >= 0.3 is 0 Å². The highest BCUT2D eigenvalue weighted by molar-refractivity contribution is 6.11. The molecule has 11 nitrogen and oxygen atoms in total. The molecule has 0 radical (unpaired) electrons. The molecule has 5 aliphatic rings. The number of ether oxygens (including phenoxy) is 8. The van der Waals surface area contributed by atoms with Crippen LogP contribution >= 0.6 is 0 Å². The van der Waals surface area contributed by atoms with Crippen LogP contribution in [0.5, 0.6) is 17.2 Å². The number of phenolic OH excluding ortho intramolecular Hbond substituents is 1. The number of ketones is 1. The number of methoxy groups -OCH3 is 3. The monoisotopic (exact) mass is 529 g/mol. The fraction of sp³-hybridized carbons (Fsp3) is 0.593. The Labute approximate surface area is 218 Å². The Bertz CT molecular complexity index is 1370. The minimum absolute atomic E-state index is 0.130. The number of benzene rings is 2. The van der Waals surface area contributed by atoms with Gasteiger partial charge in [-0.15, -0.1) is 0 Å². The van der Waals surface area contributed by atoms with Crippen molar-refractivity contribution in [3.63, 3.8) is 0 Å². The number of epoxide rings is 1. The number of rotatable bonds is 7. The number of aromatic hydroxyl groups is 1. The number of hydrogen-bond acceptors (Lipinski definition) is 11. The van der Waals surface area contributed by atoms with Gasteiger partial charge in [0.1, 0.15) is 23.4 Å². The van der Waals surface area contributed by atoms with Gasteiger partial charge in [0.05, 0.1) is 31.3 Å². The van der Waals surface area contributed by atoms with E-state index in [-0.39, 0.29) is 36.9 Å². The van der Waals surface area contributed by atoms with Crippen molar-refractivity contribution in [1.29, 1.82) is 0 Å². The molecule has 5 atom stereocenters. The molecule has 0 amide bonds. The number of fused-ring (bicyclic) bond motifs is 8. The van der Waals surface area contributed by atoms with Gasteiger partial charge in [-0.2, -0.15) is 0 Å². The maximum Gasteiger partial charge on any atom is 0.277 e. The van der Waals surface area contributed by atoms with E-state index < -0.39 is 35.7 Å². The number of carbonyl (C=O) groups is 1. The Morgan fingerprint density at radius 3 is 2.63 bits per heavy atom. The first-order chi connectivity index (χ1) is 18.3. The van der Waals surface area contributed by atoms with Gasteiger partial charge in [-0.3, -0.25) is 4.79 Å². The van der Waals surface area contributed by atoms with Gasteiger partial charge < -0.3 is 48.7 Å². The van der Waals surface area contributed by atoms with Gasteiger partial charge in [-0.25, -0.2) is 0 Å². The van der Waals surface area contributed by atoms with E-state index in [1.807, 2.05) is 13.0 Å². The maximum absolute atomic E-state index is 13.0. The quantitative estimate of drug-likeness (QED) is 0.402. The second-order valence-corrected chi connectivity index (χ2v) is 10.4. The van der Waals surface area contributed by atoms with Crippen molar-refractivity contribution in [2.45, 2.75) is 61.9 Å². The third-order valence-corrected chi connectivity index (χ3v) is 8.66. The molecular weight excluding hydrogens is 498 g/mol. The van der Waals surface area contributed by atoms with Crippen LogP contribution in [0.1, 0.15) is 46.0 Å². The van der Waals surface area contributed by atoms with Crippen LogP contribution in [0.4, 0.5) is 0 Å². The Kier molecular flexibility index (Phi) is 5.17. The Hall–Kier alpha value is -2.51. The van der Waals surface area contributed by atoms with Crippen molar-refractivity contribution in [3.05, 3.63) is 28.3 Å². The number of carbonyl (C=O) groups excluding carboxylic acids is 1. The molecule has 2 bridgehead atoms. The van der Waals surface area contributed by atoms with Gasteiger partial charge in [0.2, 0.25) is 11.9 Å². The summed E-state index contributed by atoms with van der Waals surface area (Å²) in [4.78, 5) is 13.0. The number of nitrogens with two attached hydrogens (primary N) is 1. The minimum Gasteiger partial charge on any atom is -0.506 e. The first kappa shape index (κ1) is 24.5. The highest BCUT2D eigenvalue weighted by Gasteiger charge is 2.93. The molecule has 4 aliphatic heterocycles. The number of aryl methyl sites for hydroxylation is 1. The summed E-state index contributed by atoms with van der Waals surface area (Å²) in [5.41, 5.74) is 7.14. The molecule has 4 heterocycles. The highest BCUT2D eigenvalue weighted by Crippen LogP contribution is 2.72. The summed E-state index contributed by atoms with van der Waals surface area (Å²) in [6.07, 6.45) is -0.669. The van der Waals surface area contributed by atoms with Crippen LogP contribution in [0.15, 0.2) is 6.07 Å². The third-order valence-electron chi connectivity index (χ3n) is 8.66. The van der Waals surface area contributed by atoms with Crippen molar-refractivity contribution in [2.75, 3.05) is 41.1 Å². The standard InChI is InChI=1S/C27H31NO10/c1-12-10-14-18(19(30)17-13(20(14)31-2)6-5-7-15(17)29)21-16(12)22-23-26(36-21,34-9-8-28)25(11-35-25)27(37-22,38-23)24(32-3)33-4/h10,22-24,30H,5-9,11,28H2,1-4H3/t22?,23?,25-,26+,27?/m0/s1. The van der Waals surface area contributed by atoms with Crippen LogP contribution in [0.25, 0.3) is 10.8 Å². The van der Waals surface area contributed by atoms with Crippen molar-refractivity contribution in [2.24, 2.45) is 5.73 Å². The zero-order valence-electron chi connectivity index (χ0n) is 21.8. The summed E-state index contributed by atoms with van der Waals surface area (Å²) in [6, 6.07) is 1.93. The predicted octanol–water partition coefficient (Wildman–Crippen LogP) is 2.00. The van der Waals surface area contributed by atoms with E-state index in [2.05, 4.69) is 0 Å². The lowest BCUT2D eigenvalue weighted by Gasteiger charge is -2.49. The zero-order valence-corrected chi connectivity index (χ0v) is 21.8. The van der Waals surface area contributed by atoms with Gasteiger partial charge in [0.25, 0.3) is 11.6 Å². The molecule has 3 saturated heterocycles. The van der Waals surface area contributed by atoms with E-state index in [1.165, 1.54) is 14.2 Å². The van der Waals surface area contributed by atoms with E-state index in [9.17, 15) is 9.90 Å². The molecule has 1 spiro atoms. The Balaban J connectivity index is 1.53. The molecule has 0 aromatic heterocycles. The van der Waals surface area contributed by atoms with Gasteiger partial charge in [0.15, 0.2) is 11.9 Å². The molecule has 3 N–H and O–H groups in total. The van der Waals surface area contributed by atoms with Crippen LogP contribution < -0.4 is 15.2 Å². The van der Waals surface area contributed by atoms with Crippen LogP contribution in [0, 0.1) is 6.92 Å². The topological polar surface area (TPSA) is 140 Å². The third kappa shape index (κ3) is 2.61. The molecule has 3 fully saturated rings. The van der Waals surface area contributed by atoms with Crippen molar-refractivity contribution < 1.29 is 47.8 Å². The van der Waals surface area contributed by atoms with Crippen LogP contribution in [-0.4, -0.2) is 81.5 Å². The number of Topliss-reactive ketones (excluding diaryl/α,β-unsaturated/α-hetero) is 1. The first-order valence-electron chi connectivity index (χ1n) is 12.8. The lowest BCUT2D eigenvalue weighted by atomic mass is 9.78. The molecule has 2 aromatic carbocycles. The van der Waals surface area contributed by atoms with Crippen molar-refractivity contribution >= 4 is 16.6 Å². The molecule has 38 heavy (non-hydrogen) atoms. The Morgan fingerprint density at radius 1 is 1.21 bits per heavy atom. The van der Waals surface area contributed by atoms with Crippen LogP contribution in [0.3, 0.4) is 0 Å². The normalized spacial score (nSPS) is 34.1. The Morgan fingerprint density at radius 2 is 1.97 bits per heavy atom. The van der Waals surface area contributed by atoms with Crippen LogP contribution in [-0.2, 0) is 34.8 Å². The molecule has 0 saturated carbocycles. The van der Waals surface area contributed by atoms with Gasteiger partial charge in [-0.05, 0) is 31.4 Å². The maximum atomic E-state index is 13.0. The second kappa shape index (κ2) is 8.01. The summed E-state index contributed by atoms with van der Waals surface area (Å²) in [5.74, 6) is -2.31. The summed E-state index contributed by atoms with van der Waals surface area (Å²) >= 11 is 0. The molecule has 204 valence electrons. The average Bonchev–Trinajstić information content (AvgIpc) is 3.57. The lowest BCUT2D eigenvalue weighted by Crippen LogP contribution is -2.70. The summed E-state index contributed by atoms with van der Waals surface area (Å²) in [5, 5.41) is 12.6. The fourth-order valence-electron chi connectivity index (χ4n) is 7.14. The summed E-state index contributed by atoms with van der Waals surface area (Å²) < 4.78 is 49.6. The molecule has 3 unspecified atom stereocenters. The largest absolute Gasteiger partial charge is 0.506 e. The highest BCUT2D eigenvalue weighted by atomic mass is 16.9. The predicted molar refractivity (Wildman–Crippen MR) is 130 cm³/mol. The summed E-state index contributed by atoms with van der Waals surface area (Å²) in [6.45, 7) is 2.52. The number of hydrogen-bond donors (Lipinski definition) is 2. The molecule has 1 aliphatic carbocycles. The van der Waals surface area contributed by atoms with Crippen molar-refractivity contribution in [1.82, 2.24) is 0 Å². The summed E-state index contributed by atoms with van der Waals surface area (Å²) in [7, 11) is 4.57. The minimum atomic E-state index is -1.47. The van der Waals surface area contributed by atoms with E-state index in [0.717, 1.165) is 5.56 Å². The van der Waals surface area contributed by atoms with E-state index in [1.54, 1.807) is 7.11 Å². The number of phenols is 1. The molecule has 7 rings (SSSR count). The average molecular weight is 530 g/mol. The molecule has 2 aromatic rings. The van der Waals surface area contributed by atoms with Crippen LogP contribution in [0.2, 0.25) is 0 Å².